The Labute approximate surface area is 162 Å². The molecule has 0 aliphatic heterocycles. The average molecular weight is 370 g/mol. The monoisotopic (exact) mass is 369 g/mol. The molecule has 1 N–H and O–H groups in total. The first-order valence-corrected chi connectivity index (χ1v) is 9.79. The molecule has 2 aromatic rings. The van der Waals surface area contributed by atoms with Crippen molar-refractivity contribution in [3.05, 3.63) is 59.2 Å². The highest BCUT2D eigenvalue weighted by molar-refractivity contribution is 5.52. The van der Waals surface area contributed by atoms with Crippen molar-refractivity contribution in [3.63, 3.8) is 0 Å². The van der Waals surface area contributed by atoms with E-state index in [0.29, 0.717) is 12.5 Å². The Morgan fingerprint density at radius 2 is 1.59 bits per heavy atom. The summed E-state index contributed by atoms with van der Waals surface area (Å²) in [6.07, 6.45) is 2.54. The summed E-state index contributed by atoms with van der Waals surface area (Å²) < 4.78 is 17.3. The molecule has 0 radical (unpaired) electrons. The van der Waals surface area contributed by atoms with E-state index in [1.165, 1.54) is 29.5 Å². The van der Waals surface area contributed by atoms with Crippen LogP contribution in [0.4, 0.5) is 0 Å². The van der Waals surface area contributed by atoms with Crippen LogP contribution in [0.1, 0.15) is 61.4 Å². The van der Waals surface area contributed by atoms with E-state index in [2.05, 4.69) is 43.4 Å². The minimum Gasteiger partial charge on any atom is -0.496 e. The standard InChI is InChI=1S/C23H31NO3/c1-16(24-12-13-27-17(2)18-8-6-5-7-9-18)20-14-21(25-3)23(19-10-11-19)22(15-20)26-4/h5-9,14-17,19,24H,10-13H2,1-4H3. The first kappa shape index (κ1) is 19.7. The number of hydrogen-bond acceptors (Lipinski definition) is 4. The van der Waals surface area contributed by atoms with Gasteiger partial charge in [-0.25, -0.2) is 0 Å². The lowest BCUT2D eigenvalue weighted by molar-refractivity contribution is 0.0666. The van der Waals surface area contributed by atoms with Crippen molar-refractivity contribution in [2.24, 2.45) is 0 Å². The largest absolute Gasteiger partial charge is 0.496 e. The van der Waals surface area contributed by atoms with Crippen molar-refractivity contribution in [1.82, 2.24) is 5.32 Å². The minimum atomic E-state index is 0.0984. The predicted octanol–water partition coefficient (Wildman–Crippen LogP) is 5.01. The van der Waals surface area contributed by atoms with E-state index < -0.39 is 0 Å². The SMILES string of the molecule is COc1cc(C(C)NCCOC(C)c2ccccc2)cc(OC)c1C1CC1. The maximum atomic E-state index is 5.95. The van der Waals surface area contributed by atoms with Gasteiger partial charge in [0.15, 0.2) is 0 Å². The van der Waals surface area contributed by atoms with Gasteiger partial charge in [0.2, 0.25) is 0 Å². The molecule has 1 fully saturated rings. The number of ether oxygens (including phenoxy) is 3. The molecule has 2 aromatic carbocycles. The number of hydrogen-bond donors (Lipinski definition) is 1. The average Bonchev–Trinajstić information content (AvgIpc) is 3.55. The van der Waals surface area contributed by atoms with Gasteiger partial charge in [0, 0.05) is 18.2 Å². The molecule has 2 unspecified atom stereocenters. The van der Waals surface area contributed by atoms with E-state index in [4.69, 9.17) is 14.2 Å². The van der Waals surface area contributed by atoms with Crippen LogP contribution in [-0.4, -0.2) is 27.4 Å². The Bertz CT molecular complexity index is 703. The molecule has 3 rings (SSSR count). The fourth-order valence-corrected chi connectivity index (χ4v) is 3.43. The normalized spacial score (nSPS) is 16.0. The molecular formula is C23H31NO3. The molecule has 1 aliphatic rings. The van der Waals surface area contributed by atoms with Crippen LogP contribution >= 0.6 is 0 Å². The van der Waals surface area contributed by atoms with Crippen molar-refractivity contribution in [3.8, 4) is 11.5 Å². The van der Waals surface area contributed by atoms with Gasteiger partial charge in [0.25, 0.3) is 0 Å². The van der Waals surface area contributed by atoms with E-state index in [-0.39, 0.29) is 12.1 Å². The van der Waals surface area contributed by atoms with E-state index >= 15 is 0 Å². The highest BCUT2D eigenvalue weighted by Gasteiger charge is 2.31. The molecule has 2 atom stereocenters. The van der Waals surface area contributed by atoms with Gasteiger partial charge < -0.3 is 19.5 Å². The summed E-state index contributed by atoms with van der Waals surface area (Å²) >= 11 is 0. The maximum Gasteiger partial charge on any atom is 0.126 e. The molecule has 4 heteroatoms. The van der Waals surface area contributed by atoms with Crippen LogP contribution in [0.3, 0.4) is 0 Å². The summed E-state index contributed by atoms with van der Waals surface area (Å²) in [6.45, 7) is 5.69. The lowest BCUT2D eigenvalue weighted by Crippen LogP contribution is -2.24. The number of nitrogens with one attached hydrogen (secondary N) is 1. The second kappa shape index (κ2) is 9.25. The van der Waals surface area contributed by atoms with Crippen LogP contribution in [0.2, 0.25) is 0 Å². The van der Waals surface area contributed by atoms with Crippen molar-refractivity contribution in [1.29, 1.82) is 0 Å². The first-order valence-electron chi connectivity index (χ1n) is 9.79. The highest BCUT2D eigenvalue weighted by Crippen LogP contribution is 2.49. The number of rotatable bonds is 10. The van der Waals surface area contributed by atoms with Gasteiger partial charge in [-0.05, 0) is 55.9 Å². The Morgan fingerprint density at radius 1 is 0.963 bits per heavy atom. The van der Waals surface area contributed by atoms with Crippen LogP contribution in [-0.2, 0) is 4.74 Å². The van der Waals surface area contributed by atoms with Gasteiger partial charge >= 0.3 is 0 Å². The molecule has 0 saturated heterocycles. The molecule has 0 heterocycles. The molecule has 0 bridgehead atoms. The van der Waals surface area contributed by atoms with Gasteiger partial charge in [-0.3, -0.25) is 0 Å². The van der Waals surface area contributed by atoms with E-state index in [1.807, 2.05) is 18.2 Å². The van der Waals surface area contributed by atoms with Crippen molar-refractivity contribution < 1.29 is 14.2 Å². The third-order valence-corrected chi connectivity index (χ3v) is 5.24. The number of benzene rings is 2. The Hall–Kier alpha value is -2.04. The maximum absolute atomic E-state index is 5.95. The van der Waals surface area contributed by atoms with E-state index in [1.54, 1.807) is 14.2 Å². The minimum absolute atomic E-state index is 0.0984. The molecule has 146 valence electrons. The molecule has 27 heavy (non-hydrogen) atoms. The summed E-state index contributed by atoms with van der Waals surface area (Å²) in [5.41, 5.74) is 3.59. The Kier molecular flexibility index (Phi) is 6.75. The first-order chi connectivity index (χ1) is 13.1. The van der Waals surface area contributed by atoms with Crippen LogP contribution < -0.4 is 14.8 Å². The quantitative estimate of drug-likeness (QED) is 0.598. The molecule has 0 aromatic heterocycles. The third-order valence-electron chi connectivity index (χ3n) is 5.24. The van der Waals surface area contributed by atoms with Gasteiger partial charge in [0.1, 0.15) is 11.5 Å². The third kappa shape index (κ3) is 5.02. The second-order valence-corrected chi connectivity index (χ2v) is 7.21. The van der Waals surface area contributed by atoms with Crippen molar-refractivity contribution >= 4 is 0 Å². The lowest BCUT2D eigenvalue weighted by Gasteiger charge is -2.20. The highest BCUT2D eigenvalue weighted by atomic mass is 16.5. The number of methoxy groups -OCH3 is 2. The van der Waals surface area contributed by atoms with E-state index in [9.17, 15) is 0 Å². The smallest absolute Gasteiger partial charge is 0.126 e. The second-order valence-electron chi connectivity index (χ2n) is 7.21. The molecule has 0 spiro atoms. The fraction of sp³-hybridized carbons (Fsp3) is 0.478. The van der Waals surface area contributed by atoms with Crippen LogP contribution in [0.5, 0.6) is 11.5 Å². The van der Waals surface area contributed by atoms with Crippen LogP contribution in [0.15, 0.2) is 42.5 Å². The zero-order valence-electron chi connectivity index (χ0n) is 16.8. The van der Waals surface area contributed by atoms with Gasteiger partial charge in [0.05, 0.1) is 26.9 Å². The van der Waals surface area contributed by atoms with Gasteiger partial charge in [-0.2, -0.15) is 0 Å². The van der Waals surface area contributed by atoms with Crippen LogP contribution in [0, 0.1) is 0 Å². The molecule has 1 aliphatic carbocycles. The summed E-state index contributed by atoms with van der Waals surface area (Å²) in [7, 11) is 3.47. The summed E-state index contributed by atoms with van der Waals surface area (Å²) in [4.78, 5) is 0. The van der Waals surface area contributed by atoms with Crippen molar-refractivity contribution in [2.45, 2.75) is 44.8 Å². The zero-order valence-corrected chi connectivity index (χ0v) is 16.8. The Balaban J connectivity index is 1.55. The topological polar surface area (TPSA) is 39.7 Å². The summed E-state index contributed by atoms with van der Waals surface area (Å²) in [5.74, 6) is 2.46. The fourth-order valence-electron chi connectivity index (χ4n) is 3.43. The van der Waals surface area contributed by atoms with Gasteiger partial charge in [-0.1, -0.05) is 30.3 Å². The molecule has 4 nitrogen and oxygen atoms in total. The van der Waals surface area contributed by atoms with Gasteiger partial charge in [-0.15, -0.1) is 0 Å². The Morgan fingerprint density at radius 3 is 2.15 bits per heavy atom. The van der Waals surface area contributed by atoms with Crippen LogP contribution in [0.25, 0.3) is 0 Å². The zero-order chi connectivity index (χ0) is 19.2. The summed E-state index contributed by atoms with van der Waals surface area (Å²) in [5, 5.41) is 3.54. The molecule has 1 saturated carbocycles. The van der Waals surface area contributed by atoms with E-state index in [0.717, 1.165) is 18.0 Å². The molecule has 0 amide bonds. The predicted molar refractivity (Wildman–Crippen MR) is 109 cm³/mol. The summed E-state index contributed by atoms with van der Waals surface area (Å²) in [6, 6.07) is 14.8. The lowest BCUT2D eigenvalue weighted by atomic mass is 10.0. The molecular weight excluding hydrogens is 338 g/mol. The van der Waals surface area contributed by atoms with Crippen molar-refractivity contribution in [2.75, 3.05) is 27.4 Å².